The van der Waals surface area contributed by atoms with Gasteiger partial charge in [0.15, 0.2) is 5.54 Å². The van der Waals surface area contributed by atoms with E-state index in [0.717, 1.165) is 10.1 Å². The second kappa shape index (κ2) is 7.71. The first-order valence-electron chi connectivity index (χ1n) is 8.75. The molecule has 0 fully saturated rings. The summed E-state index contributed by atoms with van der Waals surface area (Å²) in [6, 6.07) is 6.36. The monoisotopic (exact) mass is 382 g/mol. The summed E-state index contributed by atoms with van der Waals surface area (Å²) < 4.78 is 0. The number of anilines is 2. The van der Waals surface area contributed by atoms with Crippen LogP contribution < -0.4 is 10.6 Å². The van der Waals surface area contributed by atoms with Gasteiger partial charge in [0.2, 0.25) is 0 Å². The van der Waals surface area contributed by atoms with Crippen LogP contribution in [0.15, 0.2) is 72.6 Å². The number of hydrogen-bond donors (Lipinski definition) is 4. The van der Waals surface area contributed by atoms with Gasteiger partial charge in [-0.05, 0) is 44.2 Å². The molecule has 3 rings (SSSR count). The number of nitrogens with one attached hydrogen (secondary N) is 2. The number of benzene rings is 1. The predicted molar refractivity (Wildman–Crippen MR) is 104 cm³/mol. The van der Waals surface area contributed by atoms with E-state index in [1.165, 1.54) is 12.3 Å². The van der Waals surface area contributed by atoms with Gasteiger partial charge in [-0.1, -0.05) is 30.4 Å². The van der Waals surface area contributed by atoms with Crippen LogP contribution in [0, 0.1) is 0 Å². The Hall–Kier alpha value is -3.36. The minimum absolute atomic E-state index is 0.0879. The van der Waals surface area contributed by atoms with E-state index in [9.17, 15) is 20.0 Å². The number of allylic oxidation sites excluding steroid dienone is 4. The van der Waals surface area contributed by atoms with Gasteiger partial charge in [-0.15, -0.1) is 0 Å². The summed E-state index contributed by atoms with van der Waals surface area (Å²) in [4.78, 5) is 25.3. The van der Waals surface area contributed by atoms with Crippen molar-refractivity contribution >= 4 is 23.2 Å². The third-order valence-corrected chi connectivity index (χ3v) is 4.63. The highest BCUT2D eigenvalue weighted by molar-refractivity contribution is 6.08. The Bertz CT molecular complexity index is 905. The predicted octanol–water partition coefficient (Wildman–Crippen LogP) is 2.63. The number of para-hydroxylation sites is 2. The van der Waals surface area contributed by atoms with E-state index in [1.54, 1.807) is 68.5 Å². The minimum Gasteiger partial charge on any atom is -0.322 e. The first kappa shape index (κ1) is 19.4. The molecule has 2 atom stereocenters. The SMILES string of the molecule is CC1C=CC=C(C(=O)Nc2ccccc2NC(=O)C2(C)C=CC=CN2O)N1O. The largest absolute Gasteiger partial charge is 0.322 e. The lowest BCUT2D eigenvalue weighted by molar-refractivity contribution is -0.146. The molecule has 0 aliphatic carbocycles. The Balaban J connectivity index is 1.79. The topological polar surface area (TPSA) is 105 Å². The molecule has 2 aliphatic heterocycles. The molecule has 0 saturated heterocycles. The third kappa shape index (κ3) is 3.68. The maximum atomic E-state index is 12.8. The van der Waals surface area contributed by atoms with Crippen LogP contribution in [0.4, 0.5) is 11.4 Å². The van der Waals surface area contributed by atoms with Crippen LogP contribution in [0.3, 0.4) is 0 Å². The molecule has 0 saturated carbocycles. The Morgan fingerprint density at radius 1 is 1.07 bits per heavy atom. The molecule has 2 heterocycles. The molecule has 2 aliphatic rings. The molecule has 8 heteroatoms. The molecule has 2 amide bonds. The van der Waals surface area contributed by atoms with Crippen LogP contribution >= 0.6 is 0 Å². The molecule has 1 aromatic rings. The van der Waals surface area contributed by atoms with Crippen LogP contribution in [-0.4, -0.2) is 43.9 Å². The maximum Gasteiger partial charge on any atom is 0.274 e. The smallest absolute Gasteiger partial charge is 0.274 e. The van der Waals surface area contributed by atoms with Crippen LogP contribution in [0.5, 0.6) is 0 Å². The van der Waals surface area contributed by atoms with Gasteiger partial charge in [-0.2, -0.15) is 0 Å². The molecule has 0 aromatic heterocycles. The van der Waals surface area contributed by atoms with Crippen molar-refractivity contribution in [2.24, 2.45) is 0 Å². The first-order valence-corrected chi connectivity index (χ1v) is 8.75. The fourth-order valence-electron chi connectivity index (χ4n) is 2.79. The summed E-state index contributed by atoms with van der Waals surface area (Å²) in [6.07, 6.45) is 11.2. The highest BCUT2D eigenvalue weighted by Crippen LogP contribution is 2.26. The summed E-state index contributed by atoms with van der Waals surface area (Å²) in [5.41, 5.74) is -0.478. The Kier molecular flexibility index (Phi) is 5.34. The minimum atomic E-state index is -1.29. The zero-order chi connectivity index (χ0) is 20.3. The molecular weight excluding hydrogens is 360 g/mol. The number of amides is 2. The number of hydroxylamine groups is 4. The van der Waals surface area contributed by atoms with Gasteiger partial charge in [0.05, 0.1) is 17.4 Å². The van der Waals surface area contributed by atoms with Crippen LogP contribution in [0.25, 0.3) is 0 Å². The molecule has 8 nitrogen and oxygen atoms in total. The summed E-state index contributed by atoms with van der Waals surface area (Å²) in [6.45, 7) is 3.31. The maximum absolute atomic E-state index is 12.8. The van der Waals surface area contributed by atoms with Gasteiger partial charge >= 0.3 is 0 Å². The Morgan fingerprint density at radius 2 is 1.75 bits per heavy atom. The van der Waals surface area contributed by atoms with E-state index >= 15 is 0 Å². The van der Waals surface area contributed by atoms with Gasteiger partial charge in [0.1, 0.15) is 5.70 Å². The lowest BCUT2D eigenvalue weighted by Gasteiger charge is -2.33. The van der Waals surface area contributed by atoms with Crippen molar-refractivity contribution in [2.45, 2.75) is 25.4 Å². The molecule has 0 bridgehead atoms. The molecule has 0 spiro atoms. The lowest BCUT2D eigenvalue weighted by atomic mass is 9.98. The van der Waals surface area contributed by atoms with Crippen molar-refractivity contribution in [1.82, 2.24) is 10.1 Å². The second-order valence-electron chi connectivity index (χ2n) is 6.67. The van der Waals surface area contributed by atoms with E-state index in [2.05, 4.69) is 10.6 Å². The van der Waals surface area contributed by atoms with Crippen LogP contribution in [-0.2, 0) is 9.59 Å². The van der Waals surface area contributed by atoms with Gasteiger partial charge in [0, 0.05) is 6.20 Å². The molecule has 28 heavy (non-hydrogen) atoms. The highest BCUT2D eigenvalue weighted by atomic mass is 16.5. The van der Waals surface area contributed by atoms with E-state index in [-0.39, 0.29) is 11.7 Å². The Morgan fingerprint density at radius 3 is 2.43 bits per heavy atom. The van der Waals surface area contributed by atoms with Crippen LogP contribution in [0.2, 0.25) is 0 Å². The average molecular weight is 382 g/mol. The summed E-state index contributed by atoms with van der Waals surface area (Å²) >= 11 is 0. The van der Waals surface area contributed by atoms with Gasteiger partial charge in [-0.25, -0.2) is 10.1 Å². The second-order valence-corrected chi connectivity index (χ2v) is 6.67. The van der Waals surface area contributed by atoms with Gasteiger partial charge in [0.25, 0.3) is 11.8 Å². The molecule has 1 aromatic carbocycles. The molecule has 0 radical (unpaired) electrons. The van der Waals surface area contributed by atoms with Crippen molar-refractivity contribution in [2.75, 3.05) is 10.6 Å². The van der Waals surface area contributed by atoms with Crippen molar-refractivity contribution < 1.29 is 20.0 Å². The summed E-state index contributed by atoms with van der Waals surface area (Å²) in [5.74, 6) is -0.995. The van der Waals surface area contributed by atoms with Crippen LogP contribution in [0.1, 0.15) is 13.8 Å². The van der Waals surface area contributed by atoms with Gasteiger partial charge < -0.3 is 10.6 Å². The van der Waals surface area contributed by atoms with E-state index in [0.29, 0.717) is 11.4 Å². The van der Waals surface area contributed by atoms with E-state index < -0.39 is 17.4 Å². The Labute approximate surface area is 162 Å². The van der Waals surface area contributed by atoms with E-state index in [1.807, 2.05) is 0 Å². The standard InChI is InChI=1S/C20H22N4O4/c1-14-8-7-11-17(24(14)28)18(25)21-15-9-3-4-10-16(15)22-19(26)20(2)12-5-6-13-23(20)27/h3-14,27-28H,1-2H3,(H,21,25)(H,22,26). The lowest BCUT2D eigenvalue weighted by Crippen LogP contribution is -2.50. The zero-order valence-electron chi connectivity index (χ0n) is 15.5. The summed E-state index contributed by atoms with van der Waals surface area (Å²) in [5, 5.41) is 27.2. The average Bonchev–Trinajstić information content (AvgIpc) is 2.67. The van der Waals surface area contributed by atoms with Crippen molar-refractivity contribution in [3.63, 3.8) is 0 Å². The molecule has 146 valence electrons. The number of rotatable bonds is 4. The van der Waals surface area contributed by atoms with Crippen molar-refractivity contribution in [1.29, 1.82) is 0 Å². The third-order valence-electron chi connectivity index (χ3n) is 4.63. The fourth-order valence-corrected chi connectivity index (χ4v) is 2.79. The van der Waals surface area contributed by atoms with Crippen molar-refractivity contribution in [3.05, 3.63) is 72.6 Å². The first-order chi connectivity index (χ1) is 13.3. The number of nitrogens with zero attached hydrogens (tertiary/aromatic N) is 2. The highest BCUT2D eigenvalue weighted by Gasteiger charge is 2.37. The normalized spacial score (nSPS) is 23.4. The van der Waals surface area contributed by atoms with E-state index in [4.69, 9.17) is 0 Å². The summed E-state index contributed by atoms with van der Waals surface area (Å²) in [7, 11) is 0. The molecular formula is C20H22N4O4. The zero-order valence-corrected chi connectivity index (χ0v) is 15.5. The number of carbonyl (C=O) groups is 2. The number of carbonyl (C=O) groups excluding carboxylic acids is 2. The fraction of sp³-hybridized carbons (Fsp3) is 0.200. The van der Waals surface area contributed by atoms with Crippen molar-refractivity contribution in [3.8, 4) is 0 Å². The molecule has 2 unspecified atom stereocenters. The molecule has 4 N–H and O–H groups in total. The number of hydrogen-bond acceptors (Lipinski definition) is 6. The quantitative estimate of drug-likeness (QED) is 0.638. The van der Waals surface area contributed by atoms with Gasteiger partial charge in [-0.3, -0.25) is 20.0 Å².